The molecule has 1 aliphatic carbocycles. The van der Waals surface area contributed by atoms with Crippen molar-refractivity contribution in [3.8, 4) is 0 Å². The van der Waals surface area contributed by atoms with Crippen LogP contribution in [0.15, 0.2) is 24.3 Å². The van der Waals surface area contributed by atoms with Crippen molar-refractivity contribution in [2.24, 2.45) is 11.8 Å². The molecule has 6 heteroatoms. The van der Waals surface area contributed by atoms with Crippen molar-refractivity contribution in [2.75, 3.05) is 18.1 Å². The van der Waals surface area contributed by atoms with E-state index in [0.29, 0.717) is 36.1 Å². The van der Waals surface area contributed by atoms with E-state index in [4.69, 9.17) is 4.74 Å². The van der Waals surface area contributed by atoms with E-state index in [0.717, 1.165) is 19.3 Å². The van der Waals surface area contributed by atoms with Crippen LogP contribution in [-0.4, -0.2) is 37.0 Å². The lowest BCUT2D eigenvalue weighted by Crippen LogP contribution is -2.45. The van der Waals surface area contributed by atoms with E-state index >= 15 is 0 Å². The van der Waals surface area contributed by atoms with Crippen molar-refractivity contribution in [3.05, 3.63) is 29.8 Å². The lowest BCUT2D eigenvalue weighted by Gasteiger charge is -2.34. The van der Waals surface area contributed by atoms with Gasteiger partial charge in [-0.2, -0.15) is 0 Å². The minimum atomic E-state index is -0.578. The number of carbonyl (C=O) groups is 3. The van der Waals surface area contributed by atoms with Crippen molar-refractivity contribution in [3.63, 3.8) is 0 Å². The summed E-state index contributed by atoms with van der Waals surface area (Å²) in [7, 11) is 0. The lowest BCUT2D eigenvalue weighted by molar-refractivity contribution is -0.125. The number of rotatable bonds is 5. The van der Waals surface area contributed by atoms with Gasteiger partial charge in [-0.3, -0.25) is 9.59 Å². The molecule has 27 heavy (non-hydrogen) atoms. The largest absolute Gasteiger partial charge is 0.452 e. The fourth-order valence-electron chi connectivity index (χ4n) is 4.03. The summed E-state index contributed by atoms with van der Waals surface area (Å²) in [6.45, 7) is 4.66. The van der Waals surface area contributed by atoms with E-state index in [2.05, 4.69) is 19.2 Å². The summed E-state index contributed by atoms with van der Waals surface area (Å²) in [6, 6.07) is 7.02. The van der Waals surface area contributed by atoms with Crippen molar-refractivity contribution >= 4 is 23.5 Å². The Morgan fingerprint density at radius 1 is 1.19 bits per heavy atom. The third-order valence-electron chi connectivity index (χ3n) is 5.88. The van der Waals surface area contributed by atoms with Crippen LogP contribution >= 0.6 is 0 Å². The Bertz CT molecular complexity index is 718. The van der Waals surface area contributed by atoms with Crippen molar-refractivity contribution < 1.29 is 19.1 Å². The van der Waals surface area contributed by atoms with Crippen LogP contribution in [0.4, 0.5) is 5.69 Å². The van der Waals surface area contributed by atoms with Gasteiger partial charge in [0.15, 0.2) is 6.61 Å². The number of hydrogen-bond acceptors (Lipinski definition) is 4. The number of nitrogens with zero attached hydrogens (tertiary/aromatic N) is 1. The maximum atomic E-state index is 12.5. The summed E-state index contributed by atoms with van der Waals surface area (Å²) in [5, 5.41) is 3.00. The lowest BCUT2D eigenvalue weighted by atomic mass is 9.78. The van der Waals surface area contributed by atoms with Gasteiger partial charge < -0.3 is 15.0 Å². The number of nitrogens with one attached hydrogen (secondary N) is 1. The van der Waals surface area contributed by atoms with Gasteiger partial charge >= 0.3 is 5.97 Å². The molecule has 1 heterocycles. The molecule has 1 aromatic rings. The van der Waals surface area contributed by atoms with E-state index in [-0.39, 0.29) is 24.5 Å². The molecule has 1 saturated heterocycles. The van der Waals surface area contributed by atoms with E-state index in [1.165, 1.54) is 6.42 Å². The summed E-state index contributed by atoms with van der Waals surface area (Å²) in [5.74, 6) is 0.153. The molecule has 2 amide bonds. The Hall–Kier alpha value is -2.37. The fraction of sp³-hybridized carbons (Fsp3) is 0.571. The first-order chi connectivity index (χ1) is 13.0. The van der Waals surface area contributed by atoms with Crippen LogP contribution in [0.3, 0.4) is 0 Å². The fourth-order valence-corrected chi connectivity index (χ4v) is 4.03. The monoisotopic (exact) mass is 372 g/mol. The smallest absolute Gasteiger partial charge is 0.340 e. The van der Waals surface area contributed by atoms with Gasteiger partial charge in [0, 0.05) is 19.0 Å². The Balaban J connectivity index is 1.58. The predicted molar refractivity (Wildman–Crippen MR) is 102 cm³/mol. The van der Waals surface area contributed by atoms with Crippen LogP contribution < -0.4 is 10.2 Å². The Morgan fingerprint density at radius 3 is 2.70 bits per heavy atom. The zero-order valence-corrected chi connectivity index (χ0v) is 16.1. The third-order valence-corrected chi connectivity index (χ3v) is 5.88. The maximum absolute atomic E-state index is 12.5. The van der Waals surface area contributed by atoms with Crippen LogP contribution in [0.1, 0.15) is 56.3 Å². The molecule has 0 radical (unpaired) electrons. The zero-order chi connectivity index (χ0) is 19.4. The van der Waals surface area contributed by atoms with Gasteiger partial charge in [-0.1, -0.05) is 38.8 Å². The highest BCUT2D eigenvalue weighted by molar-refractivity contribution is 6.03. The number of hydrogen-bond donors (Lipinski definition) is 1. The Kier molecular flexibility index (Phi) is 6.14. The molecule has 0 unspecified atom stereocenters. The van der Waals surface area contributed by atoms with Gasteiger partial charge in [-0.25, -0.2) is 4.79 Å². The number of ether oxygens (including phenoxy) is 1. The van der Waals surface area contributed by atoms with Crippen LogP contribution in [0.5, 0.6) is 0 Å². The summed E-state index contributed by atoms with van der Waals surface area (Å²) < 4.78 is 5.24. The normalized spacial score (nSPS) is 25.3. The molecule has 1 aromatic carbocycles. The number of carbonyl (C=O) groups excluding carboxylic acids is 3. The highest BCUT2D eigenvalue weighted by Gasteiger charge is 2.29. The number of esters is 1. The molecule has 6 nitrogen and oxygen atoms in total. The minimum absolute atomic E-state index is 0.00778. The number of amides is 2. The summed E-state index contributed by atoms with van der Waals surface area (Å²) >= 11 is 0. The highest BCUT2D eigenvalue weighted by atomic mass is 16.5. The molecule has 2 aliphatic rings. The molecule has 146 valence electrons. The first-order valence-corrected chi connectivity index (χ1v) is 9.83. The molecule has 1 saturated carbocycles. The van der Waals surface area contributed by atoms with Crippen LogP contribution in [0.2, 0.25) is 0 Å². The summed E-state index contributed by atoms with van der Waals surface area (Å²) in [6.07, 6.45) is 4.53. The summed E-state index contributed by atoms with van der Waals surface area (Å²) in [5.41, 5.74) is 0.875. The van der Waals surface area contributed by atoms with E-state index in [1.807, 2.05) is 0 Å². The van der Waals surface area contributed by atoms with E-state index < -0.39 is 5.97 Å². The van der Waals surface area contributed by atoms with Gasteiger partial charge in [-0.05, 0) is 36.8 Å². The number of benzene rings is 1. The van der Waals surface area contributed by atoms with E-state index in [9.17, 15) is 14.4 Å². The standard InChI is InChI=1S/C21H28N2O4/c1-14-7-5-9-17(15(14)2)22-19(24)13-27-21(26)16-8-3-4-10-18(16)23-12-6-11-20(23)25/h3-4,8,10,14-15,17H,5-7,9,11-13H2,1-2H3,(H,22,24)/t14-,15+,17-/m0/s1. The Labute approximate surface area is 160 Å². The SMILES string of the molecule is C[C@H]1[C@@H](NC(=O)COC(=O)c2ccccc2N2CCCC2=O)CCC[C@@H]1C. The van der Waals surface area contributed by atoms with Gasteiger partial charge in [0.05, 0.1) is 11.3 Å². The molecular formula is C21H28N2O4. The summed E-state index contributed by atoms with van der Waals surface area (Å²) in [4.78, 5) is 38.4. The molecule has 0 spiro atoms. The number of anilines is 1. The zero-order valence-electron chi connectivity index (χ0n) is 16.1. The van der Waals surface area contributed by atoms with Gasteiger partial charge in [0.25, 0.3) is 5.91 Å². The molecular weight excluding hydrogens is 344 g/mol. The van der Waals surface area contributed by atoms with Crippen molar-refractivity contribution in [1.29, 1.82) is 0 Å². The highest BCUT2D eigenvalue weighted by Crippen LogP contribution is 2.29. The molecule has 2 fully saturated rings. The first-order valence-electron chi connectivity index (χ1n) is 9.83. The molecule has 1 N–H and O–H groups in total. The molecule has 0 bridgehead atoms. The third kappa shape index (κ3) is 4.49. The quantitative estimate of drug-likeness (QED) is 0.807. The van der Waals surface area contributed by atoms with Crippen LogP contribution in [-0.2, 0) is 14.3 Å². The molecule has 3 rings (SSSR count). The number of para-hydroxylation sites is 1. The van der Waals surface area contributed by atoms with E-state index in [1.54, 1.807) is 29.2 Å². The average molecular weight is 372 g/mol. The molecule has 3 atom stereocenters. The molecule has 0 aromatic heterocycles. The minimum Gasteiger partial charge on any atom is -0.452 e. The average Bonchev–Trinajstić information content (AvgIpc) is 3.09. The second-order valence-electron chi connectivity index (χ2n) is 7.68. The first kappa shape index (κ1) is 19.4. The van der Waals surface area contributed by atoms with Crippen LogP contribution in [0, 0.1) is 11.8 Å². The maximum Gasteiger partial charge on any atom is 0.340 e. The van der Waals surface area contributed by atoms with Gasteiger partial charge in [0.1, 0.15) is 0 Å². The topological polar surface area (TPSA) is 75.7 Å². The van der Waals surface area contributed by atoms with Gasteiger partial charge in [-0.15, -0.1) is 0 Å². The predicted octanol–water partition coefficient (Wildman–Crippen LogP) is 2.91. The van der Waals surface area contributed by atoms with Crippen molar-refractivity contribution in [1.82, 2.24) is 5.32 Å². The van der Waals surface area contributed by atoms with Crippen molar-refractivity contribution in [2.45, 2.75) is 52.0 Å². The van der Waals surface area contributed by atoms with Crippen LogP contribution in [0.25, 0.3) is 0 Å². The second kappa shape index (κ2) is 8.55. The molecule has 1 aliphatic heterocycles. The van der Waals surface area contributed by atoms with Gasteiger partial charge in [0.2, 0.25) is 5.91 Å². The second-order valence-corrected chi connectivity index (χ2v) is 7.68. The Morgan fingerprint density at radius 2 is 1.96 bits per heavy atom.